The third-order valence-electron chi connectivity index (χ3n) is 1.68. The maximum Gasteiger partial charge on any atom is 0.335 e. The summed E-state index contributed by atoms with van der Waals surface area (Å²) in [4.78, 5) is 25.4. The normalized spacial score (nSPS) is 12.1. The molecule has 0 aliphatic rings. The van der Waals surface area contributed by atoms with Gasteiger partial charge in [-0.05, 0) is 19.1 Å². The van der Waals surface area contributed by atoms with E-state index in [1.807, 2.05) is 0 Å². The number of hydrogen-bond donors (Lipinski definition) is 2. The molecular formula is C9H10N2O3S. The summed E-state index contributed by atoms with van der Waals surface area (Å²) in [5.74, 6) is -1.48. The van der Waals surface area contributed by atoms with Crippen LogP contribution in [0.5, 0.6) is 0 Å². The minimum Gasteiger partial charge on any atom is -0.478 e. The van der Waals surface area contributed by atoms with Crippen LogP contribution in [-0.2, 0) is 4.79 Å². The number of carbonyl (C=O) groups excluding carboxylic acids is 1. The summed E-state index contributed by atoms with van der Waals surface area (Å²) in [5.41, 5.74) is 5.22. The van der Waals surface area contributed by atoms with Crippen LogP contribution < -0.4 is 5.73 Å². The number of amides is 1. The number of thioether (sulfide) groups is 1. The summed E-state index contributed by atoms with van der Waals surface area (Å²) >= 11 is 1.13. The van der Waals surface area contributed by atoms with E-state index in [1.165, 1.54) is 18.3 Å². The molecule has 3 N–H and O–H groups in total. The number of aromatic carboxylic acids is 1. The Bertz CT molecular complexity index is 395. The molecule has 0 bridgehead atoms. The summed E-state index contributed by atoms with van der Waals surface area (Å²) in [6.45, 7) is 1.64. The van der Waals surface area contributed by atoms with Gasteiger partial charge in [-0.15, -0.1) is 0 Å². The first kappa shape index (κ1) is 11.5. The SMILES string of the molecule is CC(Sc1cc(C(=O)O)ccn1)C(N)=O. The molecule has 0 spiro atoms. The van der Waals surface area contributed by atoms with Gasteiger partial charge in [0.15, 0.2) is 0 Å². The lowest BCUT2D eigenvalue weighted by Gasteiger charge is -2.05. The first-order valence-corrected chi connectivity index (χ1v) is 5.04. The fourth-order valence-electron chi connectivity index (χ4n) is 0.846. The van der Waals surface area contributed by atoms with Gasteiger partial charge in [-0.3, -0.25) is 4.79 Å². The Hall–Kier alpha value is -1.56. The Morgan fingerprint density at radius 1 is 1.60 bits per heavy atom. The second kappa shape index (κ2) is 4.79. The van der Waals surface area contributed by atoms with Crippen LogP contribution in [0.25, 0.3) is 0 Å². The maximum atomic E-state index is 10.8. The number of carboxylic acids is 1. The minimum atomic E-state index is -1.02. The van der Waals surface area contributed by atoms with Gasteiger partial charge in [0.1, 0.15) is 0 Å². The highest BCUT2D eigenvalue weighted by atomic mass is 32.2. The monoisotopic (exact) mass is 226 g/mol. The van der Waals surface area contributed by atoms with E-state index in [-0.39, 0.29) is 5.56 Å². The number of rotatable bonds is 4. The maximum absolute atomic E-state index is 10.8. The molecule has 1 aromatic rings. The number of carbonyl (C=O) groups is 2. The molecule has 1 atom stereocenters. The zero-order valence-electron chi connectivity index (χ0n) is 8.01. The number of primary amides is 1. The van der Waals surface area contributed by atoms with Gasteiger partial charge in [-0.25, -0.2) is 9.78 Å². The minimum absolute atomic E-state index is 0.143. The molecule has 0 fully saturated rings. The highest BCUT2D eigenvalue weighted by Crippen LogP contribution is 2.21. The smallest absolute Gasteiger partial charge is 0.335 e. The van der Waals surface area contributed by atoms with Gasteiger partial charge in [0, 0.05) is 6.20 Å². The van der Waals surface area contributed by atoms with Crippen molar-refractivity contribution in [2.75, 3.05) is 0 Å². The summed E-state index contributed by atoms with van der Waals surface area (Å²) in [5, 5.41) is 8.77. The Morgan fingerprint density at radius 2 is 2.27 bits per heavy atom. The quantitative estimate of drug-likeness (QED) is 0.739. The molecule has 80 valence electrons. The zero-order valence-corrected chi connectivity index (χ0v) is 8.82. The van der Waals surface area contributed by atoms with Crippen LogP contribution in [0.1, 0.15) is 17.3 Å². The van der Waals surface area contributed by atoms with Gasteiger partial charge in [-0.1, -0.05) is 11.8 Å². The van der Waals surface area contributed by atoms with E-state index in [2.05, 4.69) is 4.98 Å². The third kappa shape index (κ3) is 3.25. The van der Waals surface area contributed by atoms with Crippen molar-refractivity contribution in [3.05, 3.63) is 23.9 Å². The molecule has 1 unspecified atom stereocenters. The van der Waals surface area contributed by atoms with Gasteiger partial charge >= 0.3 is 5.97 Å². The molecule has 15 heavy (non-hydrogen) atoms. The van der Waals surface area contributed by atoms with E-state index in [0.717, 1.165) is 11.8 Å². The number of nitrogens with two attached hydrogens (primary N) is 1. The molecule has 5 nitrogen and oxygen atoms in total. The first-order valence-electron chi connectivity index (χ1n) is 4.16. The molecule has 0 saturated carbocycles. The van der Waals surface area contributed by atoms with Crippen molar-refractivity contribution < 1.29 is 14.7 Å². The van der Waals surface area contributed by atoms with Crippen molar-refractivity contribution >= 4 is 23.6 Å². The number of carboxylic acid groups (broad SMARTS) is 1. The van der Waals surface area contributed by atoms with E-state index in [1.54, 1.807) is 6.92 Å². The lowest BCUT2D eigenvalue weighted by molar-refractivity contribution is -0.117. The Kier molecular flexibility index (Phi) is 3.68. The van der Waals surface area contributed by atoms with Gasteiger partial charge in [0.2, 0.25) is 5.91 Å². The molecule has 1 heterocycles. The predicted octanol–water partition coefficient (Wildman–Crippen LogP) is 0.746. The average molecular weight is 226 g/mol. The fraction of sp³-hybridized carbons (Fsp3) is 0.222. The largest absolute Gasteiger partial charge is 0.478 e. The number of pyridine rings is 1. The number of nitrogens with zero attached hydrogens (tertiary/aromatic N) is 1. The summed E-state index contributed by atoms with van der Waals surface area (Å²) in [6.07, 6.45) is 1.39. The zero-order chi connectivity index (χ0) is 11.4. The molecule has 0 radical (unpaired) electrons. The second-order valence-corrected chi connectivity index (χ2v) is 4.21. The number of hydrogen-bond acceptors (Lipinski definition) is 4. The van der Waals surface area contributed by atoms with Crippen LogP contribution in [-0.4, -0.2) is 27.2 Å². The van der Waals surface area contributed by atoms with Gasteiger partial charge in [0.25, 0.3) is 0 Å². The topological polar surface area (TPSA) is 93.3 Å². The Labute approximate surface area is 90.7 Å². The molecule has 0 saturated heterocycles. The van der Waals surface area contributed by atoms with Crippen LogP contribution in [0, 0.1) is 0 Å². The molecule has 1 aromatic heterocycles. The summed E-state index contributed by atoms with van der Waals surface area (Å²) < 4.78 is 0. The van der Waals surface area contributed by atoms with E-state index in [0.29, 0.717) is 5.03 Å². The molecule has 6 heteroatoms. The van der Waals surface area contributed by atoms with Crippen LogP contribution in [0.2, 0.25) is 0 Å². The van der Waals surface area contributed by atoms with Crippen molar-refractivity contribution in [1.82, 2.24) is 4.98 Å². The van der Waals surface area contributed by atoms with Crippen molar-refractivity contribution in [2.45, 2.75) is 17.2 Å². The second-order valence-electron chi connectivity index (χ2n) is 2.85. The highest BCUT2D eigenvalue weighted by molar-refractivity contribution is 8.00. The predicted molar refractivity (Wildman–Crippen MR) is 55.7 cm³/mol. The van der Waals surface area contributed by atoms with Crippen molar-refractivity contribution in [3.8, 4) is 0 Å². The molecule has 0 aliphatic carbocycles. The van der Waals surface area contributed by atoms with Crippen molar-refractivity contribution in [1.29, 1.82) is 0 Å². The van der Waals surface area contributed by atoms with E-state index in [4.69, 9.17) is 10.8 Å². The average Bonchev–Trinajstić information content (AvgIpc) is 2.18. The lowest BCUT2D eigenvalue weighted by atomic mass is 10.3. The van der Waals surface area contributed by atoms with Crippen LogP contribution in [0.15, 0.2) is 23.4 Å². The lowest BCUT2D eigenvalue weighted by Crippen LogP contribution is -2.22. The van der Waals surface area contributed by atoms with Crippen molar-refractivity contribution in [3.63, 3.8) is 0 Å². The van der Waals surface area contributed by atoms with Gasteiger partial charge in [-0.2, -0.15) is 0 Å². The van der Waals surface area contributed by atoms with E-state index >= 15 is 0 Å². The van der Waals surface area contributed by atoms with E-state index < -0.39 is 17.1 Å². The molecule has 0 aliphatic heterocycles. The van der Waals surface area contributed by atoms with Crippen LogP contribution in [0.3, 0.4) is 0 Å². The molecular weight excluding hydrogens is 216 g/mol. The molecule has 0 aromatic carbocycles. The first-order chi connectivity index (χ1) is 7.00. The third-order valence-corrected chi connectivity index (χ3v) is 2.73. The summed E-state index contributed by atoms with van der Waals surface area (Å²) in [6, 6.07) is 2.80. The van der Waals surface area contributed by atoms with Crippen molar-refractivity contribution in [2.24, 2.45) is 5.73 Å². The molecule has 1 amide bonds. The Morgan fingerprint density at radius 3 is 2.80 bits per heavy atom. The van der Waals surface area contributed by atoms with Gasteiger partial charge < -0.3 is 10.8 Å². The summed E-state index contributed by atoms with van der Waals surface area (Å²) in [7, 11) is 0. The van der Waals surface area contributed by atoms with Crippen LogP contribution in [0.4, 0.5) is 0 Å². The fourth-order valence-corrected chi connectivity index (χ4v) is 1.64. The van der Waals surface area contributed by atoms with Crippen LogP contribution >= 0.6 is 11.8 Å². The molecule has 1 rings (SSSR count). The highest BCUT2D eigenvalue weighted by Gasteiger charge is 2.12. The standard InChI is InChI=1S/C9H10N2O3S/c1-5(8(10)12)15-7-4-6(9(13)14)2-3-11-7/h2-5H,1H3,(H2,10,12)(H,13,14). The number of aromatic nitrogens is 1. The Balaban J connectivity index is 2.82. The van der Waals surface area contributed by atoms with Gasteiger partial charge in [0.05, 0.1) is 15.8 Å². The van der Waals surface area contributed by atoms with E-state index in [9.17, 15) is 9.59 Å².